The molecule has 0 unspecified atom stereocenters. The summed E-state index contributed by atoms with van der Waals surface area (Å²) in [6.45, 7) is 11.9. The van der Waals surface area contributed by atoms with Crippen LogP contribution in [0.2, 0.25) is 0 Å². The van der Waals surface area contributed by atoms with Crippen LogP contribution in [0.5, 0.6) is 0 Å². The fraction of sp³-hybridized carbons (Fsp3) is 0.385. The fourth-order valence-electron chi connectivity index (χ4n) is 2.48. The Hall–Kier alpha value is -1.90. The Morgan fingerprint density at radius 3 is 2.23 bits per heavy atom. The normalized spacial score (nSPS) is 15.1. The molecule has 0 aromatic carbocycles. The molecule has 0 saturated heterocycles. The van der Waals surface area contributed by atoms with Crippen LogP contribution in [0.15, 0.2) is 77.1 Å². The standard InChI is InChI=1S/C26H34F2OSe/c1-7-9-10-23(26-16-13-21(5)30-26)14-11-19(3)20(4)12-15-24(29-17-8-2)18-25(28)22(6)27/h7,9,11-16H,8,10,17-18H2,1-6H3/b9-7-,19-11+,20-12+,23-14+,24-15+,25-22-. The zero-order valence-electron chi connectivity index (χ0n) is 19.0. The monoisotopic (exact) mass is 480 g/mol. The molecular weight excluding hydrogens is 445 g/mol. The fourth-order valence-corrected chi connectivity index (χ4v) is 4.37. The third kappa shape index (κ3) is 9.73. The van der Waals surface area contributed by atoms with E-state index in [1.807, 2.05) is 26.8 Å². The molecule has 0 spiro atoms. The first kappa shape index (κ1) is 26.1. The molecule has 0 radical (unpaired) electrons. The molecule has 164 valence electrons. The van der Waals surface area contributed by atoms with E-state index in [0.29, 0.717) is 26.9 Å². The summed E-state index contributed by atoms with van der Waals surface area (Å²) in [5, 5.41) is 0. The molecular formula is C26H34F2OSe. The molecule has 1 rings (SSSR count). The molecule has 1 heterocycles. The van der Waals surface area contributed by atoms with Gasteiger partial charge < -0.3 is 0 Å². The van der Waals surface area contributed by atoms with Crippen molar-refractivity contribution in [1.82, 2.24) is 0 Å². The Balaban J connectivity index is 3.08. The minimum atomic E-state index is -0.802. The van der Waals surface area contributed by atoms with Crippen molar-refractivity contribution in [3.05, 3.63) is 86.0 Å². The molecule has 0 aliphatic heterocycles. The van der Waals surface area contributed by atoms with Crippen LogP contribution < -0.4 is 0 Å². The van der Waals surface area contributed by atoms with E-state index in [2.05, 4.69) is 50.3 Å². The van der Waals surface area contributed by atoms with E-state index in [-0.39, 0.29) is 6.42 Å². The summed E-state index contributed by atoms with van der Waals surface area (Å²) in [4.78, 5) is 0. The van der Waals surface area contributed by atoms with Crippen LogP contribution in [0.4, 0.5) is 8.78 Å². The topological polar surface area (TPSA) is 9.23 Å². The summed E-state index contributed by atoms with van der Waals surface area (Å²) in [6.07, 6.45) is 13.8. The molecule has 30 heavy (non-hydrogen) atoms. The average molecular weight is 480 g/mol. The Morgan fingerprint density at radius 1 is 1.03 bits per heavy atom. The van der Waals surface area contributed by atoms with Crippen molar-refractivity contribution in [3.8, 4) is 0 Å². The first-order valence-electron chi connectivity index (χ1n) is 10.3. The average Bonchev–Trinajstić information content (AvgIpc) is 3.15. The van der Waals surface area contributed by atoms with Crippen LogP contribution >= 0.6 is 0 Å². The maximum absolute atomic E-state index is 13.7. The second kappa shape index (κ2) is 14.2. The molecule has 1 aromatic rings. The molecule has 0 atom stereocenters. The Kier molecular flexibility index (Phi) is 12.3. The van der Waals surface area contributed by atoms with Gasteiger partial charge >= 0.3 is 169 Å². The Bertz CT molecular complexity index is 859. The summed E-state index contributed by atoms with van der Waals surface area (Å²) in [6, 6.07) is 4.43. The molecule has 0 N–H and O–H groups in total. The first-order chi connectivity index (χ1) is 14.3. The predicted molar refractivity (Wildman–Crippen MR) is 127 cm³/mol. The van der Waals surface area contributed by atoms with Crippen LogP contribution in [-0.4, -0.2) is 21.1 Å². The number of hydrogen-bond acceptors (Lipinski definition) is 1. The molecule has 1 aromatic heterocycles. The van der Waals surface area contributed by atoms with Gasteiger partial charge in [-0.3, -0.25) is 0 Å². The van der Waals surface area contributed by atoms with E-state index >= 15 is 0 Å². The summed E-state index contributed by atoms with van der Waals surface area (Å²) in [5.41, 5.74) is 3.50. The minimum absolute atomic E-state index is 0.162. The number of rotatable bonds is 11. The van der Waals surface area contributed by atoms with E-state index < -0.39 is 11.7 Å². The molecule has 0 amide bonds. The zero-order chi connectivity index (χ0) is 22.5. The van der Waals surface area contributed by atoms with E-state index in [4.69, 9.17) is 4.74 Å². The Morgan fingerprint density at radius 2 is 1.70 bits per heavy atom. The van der Waals surface area contributed by atoms with Crippen LogP contribution in [0.3, 0.4) is 0 Å². The summed E-state index contributed by atoms with van der Waals surface area (Å²) >= 11 is 0.403. The molecule has 1 nitrogen and oxygen atoms in total. The number of allylic oxidation sites excluding steroid dienone is 11. The zero-order valence-corrected chi connectivity index (χ0v) is 20.7. The van der Waals surface area contributed by atoms with Gasteiger partial charge in [0, 0.05) is 0 Å². The van der Waals surface area contributed by atoms with Gasteiger partial charge in [0.25, 0.3) is 0 Å². The Labute approximate surface area is 187 Å². The first-order valence-corrected chi connectivity index (χ1v) is 12.1. The van der Waals surface area contributed by atoms with Crippen molar-refractivity contribution in [2.24, 2.45) is 0 Å². The molecule has 0 aliphatic carbocycles. The van der Waals surface area contributed by atoms with Crippen molar-refractivity contribution in [2.45, 2.75) is 60.8 Å². The number of aryl methyl sites for hydroxylation is 1. The number of halogens is 2. The van der Waals surface area contributed by atoms with Gasteiger partial charge in [0.05, 0.1) is 0 Å². The van der Waals surface area contributed by atoms with E-state index in [1.54, 1.807) is 6.08 Å². The maximum atomic E-state index is 13.7. The van der Waals surface area contributed by atoms with Crippen LogP contribution in [0.25, 0.3) is 5.57 Å². The summed E-state index contributed by atoms with van der Waals surface area (Å²) < 4.78 is 35.3. The molecule has 0 aliphatic rings. The summed E-state index contributed by atoms with van der Waals surface area (Å²) in [5.74, 6) is -1.16. The number of hydrogen-bond donors (Lipinski definition) is 0. The van der Waals surface area contributed by atoms with Gasteiger partial charge in [-0.05, 0) is 6.92 Å². The SMILES string of the molecule is C/C=C\C\C(=C/C=C(C)/C(C)=C/C=C(\C/C(F)=C(\C)F)OCCC)c1ccc(C)[se]1. The molecule has 4 heteroatoms. The molecule has 0 fully saturated rings. The van der Waals surface area contributed by atoms with Gasteiger partial charge in [-0.15, -0.1) is 0 Å². The van der Waals surface area contributed by atoms with Crippen molar-refractivity contribution in [3.63, 3.8) is 0 Å². The molecule has 0 saturated carbocycles. The molecule has 0 bridgehead atoms. The van der Waals surface area contributed by atoms with Crippen LogP contribution in [-0.2, 0) is 4.74 Å². The van der Waals surface area contributed by atoms with Crippen molar-refractivity contribution in [2.75, 3.05) is 6.61 Å². The van der Waals surface area contributed by atoms with Gasteiger partial charge in [-0.1, -0.05) is 6.92 Å². The number of ether oxygens (including phenoxy) is 1. The predicted octanol–water partition coefficient (Wildman–Crippen LogP) is 8.17. The summed E-state index contributed by atoms with van der Waals surface area (Å²) in [7, 11) is 0. The van der Waals surface area contributed by atoms with Crippen LogP contribution in [0, 0.1) is 6.92 Å². The van der Waals surface area contributed by atoms with Crippen molar-refractivity contribution < 1.29 is 13.5 Å². The van der Waals surface area contributed by atoms with E-state index in [9.17, 15) is 8.78 Å². The second-order valence-corrected chi connectivity index (χ2v) is 9.87. The van der Waals surface area contributed by atoms with E-state index in [1.165, 1.54) is 14.4 Å². The van der Waals surface area contributed by atoms with Crippen LogP contribution in [0.1, 0.15) is 62.8 Å². The van der Waals surface area contributed by atoms with Gasteiger partial charge in [0.1, 0.15) is 0 Å². The van der Waals surface area contributed by atoms with E-state index in [0.717, 1.165) is 30.9 Å². The van der Waals surface area contributed by atoms with Gasteiger partial charge in [-0.2, -0.15) is 0 Å². The quantitative estimate of drug-likeness (QED) is 0.135. The van der Waals surface area contributed by atoms with Crippen molar-refractivity contribution in [1.29, 1.82) is 0 Å². The second-order valence-electron chi connectivity index (χ2n) is 7.17. The third-order valence-electron chi connectivity index (χ3n) is 4.50. The third-order valence-corrected chi connectivity index (χ3v) is 6.76. The van der Waals surface area contributed by atoms with Gasteiger partial charge in [0.15, 0.2) is 0 Å². The van der Waals surface area contributed by atoms with Gasteiger partial charge in [-0.25, -0.2) is 4.39 Å². The van der Waals surface area contributed by atoms with Crippen molar-refractivity contribution >= 4 is 20.1 Å². The van der Waals surface area contributed by atoms with Gasteiger partial charge in [0.2, 0.25) is 0 Å².